The van der Waals surface area contributed by atoms with E-state index in [0.717, 1.165) is 25.7 Å². The first kappa shape index (κ1) is 14.6. The van der Waals surface area contributed by atoms with Gasteiger partial charge < -0.3 is 15.6 Å². The topological polar surface area (TPSA) is 77.1 Å². The summed E-state index contributed by atoms with van der Waals surface area (Å²) in [4.78, 5) is 23.6. The lowest BCUT2D eigenvalue weighted by Crippen LogP contribution is -2.41. The highest BCUT2D eigenvalue weighted by Gasteiger charge is 2.27. The van der Waals surface area contributed by atoms with Crippen LogP contribution in [0.4, 0.5) is 5.69 Å². The Hall–Kier alpha value is -1.78. The molecule has 0 aliphatic heterocycles. The number of nitrogens with zero attached hydrogens (tertiary/aromatic N) is 1. The SMILES string of the molecule is CC1(C)CCC(NC(=O)Cn2cc(N)ccc2=O)CC1. The minimum atomic E-state index is -0.209. The Morgan fingerprint density at radius 2 is 2.05 bits per heavy atom. The third kappa shape index (κ3) is 3.85. The molecule has 1 aromatic rings. The van der Waals surface area contributed by atoms with Gasteiger partial charge in [0.1, 0.15) is 6.54 Å². The fraction of sp³-hybridized carbons (Fsp3) is 0.600. The van der Waals surface area contributed by atoms with Crippen molar-refractivity contribution >= 4 is 11.6 Å². The molecule has 0 spiro atoms. The highest BCUT2D eigenvalue weighted by molar-refractivity contribution is 5.76. The van der Waals surface area contributed by atoms with Crippen LogP contribution in [0.25, 0.3) is 0 Å². The Morgan fingerprint density at radius 1 is 1.40 bits per heavy atom. The van der Waals surface area contributed by atoms with Crippen molar-refractivity contribution in [3.05, 3.63) is 28.7 Å². The van der Waals surface area contributed by atoms with E-state index >= 15 is 0 Å². The van der Waals surface area contributed by atoms with Crippen molar-refractivity contribution in [2.24, 2.45) is 5.41 Å². The highest BCUT2D eigenvalue weighted by Crippen LogP contribution is 2.34. The molecule has 1 fully saturated rings. The number of rotatable bonds is 3. The van der Waals surface area contributed by atoms with Gasteiger partial charge >= 0.3 is 0 Å². The quantitative estimate of drug-likeness (QED) is 0.879. The predicted molar refractivity (Wildman–Crippen MR) is 79.3 cm³/mol. The molecule has 5 heteroatoms. The number of pyridine rings is 1. The number of nitrogen functional groups attached to an aromatic ring is 1. The number of nitrogens with one attached hydrogen (secondary N) is 1. The number of hydrogen-bond donors (Lipinski definition) is 2. The fourth-order valence-electron chi connectivity index (χ4n) is 2.65. The van der Waals surface area contributed by atoms with Gasteiger partial charge in [-0.1, -0.05) is 13.8 Å². The predicted octanol–water partition coefficient (Wildman–Crippen LogP) is 1.52. The minimum absolute atomic E-state index is 0.0315. The molecule has 1 aliphatic carbocycles. The van der Waals surface area contributed by atoms with Crippen LogP contribution in [0.15, 0.2) is 23.1 Å². The summed E-state index contributed by atoms with van der Waals surface area (Å²) >= 11 is 0. The van der Waals surface area contributed by atoms with Crippen molar-refractivity contribution in [3.8, 4) is 0 Å². The van der Waals surface area contributed by atoms with Crippen LogP contribution in [0.2, 0.25) is 0 Å². The van der Waals surface area contributed by atoms with E-state index in [1.165, 1.54) is 16.8 Å². The molecule has 1 amide bonds. The van der Waals surface area contributed by atoms with E-state index in [4.69, 9.17) is 5.73 Å². The fourth-order valence-corrected chi connectivity index (χ4v) is 2.65. The summed E-state index contributed by atoms with van der Waals surface area (Å²) in [5, 5.41) is 3.01. The summed E-state index contributed by atoms with van der Waals surface area (Å²) in [7, 11) is 0. The van der Waals surface area contributed by atoms with Gasteiger partial charge in [-0.05, 0) is 37.2 Å². The molecule has 0 bridgehead atoms. The van der Waals surface area contributed by atoms with E-state index in [2.05, 4.69) is 19.2 Å². The highest BCUT2D eigenvalue weighted by atomic mass is 16.2. The van der Waals surface area contributed by atoms with Crippen molar-refractivity contribution < 1.29 is 4.79 Å². The van der Waals surface area contributed by atoms with Gasteiger partial charge in [-0.25, -0.2) is 0 Å². The molecule has 0 saturated heterocycles. The second-order valence-electron chi connectivity index (χ2n) is 6.43. The van der Waals surface area contributed by atoms with Crippen LogP contribution in [0.3, 0.4) is 0 Å². The molecule has 5 nitrogen and oxygen atoms in total. The van der Waals surface area contributed by atoms with Gasteiger partial charge in [-0.3, -0.25) is 9.59 Å². The summed E-state index contributed by atoms with van der Waals surface area (Å²) in [6.07, 6.45) is 5.76. The van der Waals surface area contributed by atoms with E-state index < -0.39 is 0 Å². The van der Waals surface area contributed by atoms with Crippen molar-refractivity contribution in [2.75, 3.05) is 5.73 Å². The van der Waals surface area contributed by atoms with Gasteiger partial charge in [-0.2, -0.15) is 0 Å². The van der Waals surface area contributed by atoms with Crippen molar-refractivity contribution in [1.82, 2.24) is 9.88 Å². The summed E-state index contributed by atoms with van der Waals surface area (Å²) in [5.74, 6) is -0.123. The van der Waals surface area contributed by atoms with Gasteiger partial charge in [-0.15, -0.1) is 0 Å². The average molecular weight is 277 g/mol. The molecule has 3 N–H and O–H groups in total. The van der Waals surface area contributed by atoms with Crippen molar-refractivity contribution in [2.45, 2.75) is 52.1 Å². The number of aromatic nitrogens is 1. The number of hydrogen-bond acceptors (Lipinski definition) is 3. The van der Waals surface area contributed by atoms with E-state index in [9.17, 15) is 9.59 Å². The zero-order valence-corrected chi connectivity index (χ0v) is 12.2. The second kappa shape index (κ2) is 5.69. The van der Waals surface area contributed by atoms with Crippen LogP contribution in [0.5, 0.6) is 0 Å². The zero-order valence-electron chi connectivity index (χ0n) is 12.2. The Morgan fingerprint density at radius 3 is 2.70 bits per heavy atom. The van der Waals surface area contributed by atoms with E-state index in [-0.39, 0.29) is 24.1 Å². The van der Waals surface area contributed by atoms with Gasteiger partial charge in [0.15, 0.2) is 0 Å². The number of carbonyl (C=O) groups is 1. The van der Waals surface area contributed by atoms with Crippen LogP contribution >= 0.6 is 0 Å². The second-order valence-corrected chi connectivity index (χ2v) is 6.43. The first-order valence-electron chi connectivity index (χ1n) is 7.11. The number of nitrogens with two attached hydrogens (primary N) is 1. The average Bonchev–Trinajstić information content (AvgIpc) is 2.36. The molecular weight excluding hydrogens is 254 g/mol. The molecule has 1 saturated carbocycles. The third-order valence-electron chi connectivity index (χ3n) is 4.02. The smallest absolute Gasteiger partial charge is 0.251 e. The standard InChI is InChI=1S/C15H23N3O2/c1-15(2)7-5-12(6-8-15)17-13(19)10-18-9-11(16)3-4-14(18)20/h3-4,9,12H,5-8,10,16H2,1-2H3,(H,17,19). The van der Waals surface area contributed by atoms with E-state index in [0.29, 0.717) is 11.1 Å². The molecule has 1 heterocycles. The first-order chi connectivity index (χ1) is 9.35. The Balaban J connectivity index is 1.90. The Bertz CT molecular complexity index is 538. The molecule has 1 aromatic heterocycles. The maximum absolute atomic E-state index is 12.0. The van der Waals surface area contributed by atoms with Gasteiger partial charge in [0.05, 0.1) is 0 Å². The largest absolute Gasteiger partial charge is 0.398 e. The maximum atomic E-state index is 12.0. The van der Waals surface area contributed by atoms with Gasteiger partial charge in [0.2, 0.25) is 5.91 Å². The van der Waals surface area contributed by atoms with Gasteiger partial charge in [0.25, 0.3) is 5.56 Å². The van der Waals surface area contributed by atoms with Gasteiger partial charge in [0, 0.05) is 24.0 Å². The lowest BCUT2D eigenvalue weighted by molar-refractivity contribution is -0.122. The minimum Gasteiger partial charge on any atom is -0.398 e. The molecule has 1 aliphatic rings. The van der Waals surface area contributed by atoms with Crippen molar-refractivity contribution in [3.63, 3.8) is 0 Å². The summed E-state index contributed by atoms with van der Waals surface area (Å²) in [6, 6.07) is 3.15. The number of carbonyl (C=O) groups excluding carboxylic acids is 1. The third-order valence-corrected chi connectivity index (χ3v) is 4.02. The maximum Gasteiger partial charge on any atom is 0.251 e. The lowest BCUT2D eigenvalue weighted by Gasteiger charge is -2.34. The van der Waals surface area contributed by atoms with E-state index in [1.54, 1.807) is 6.07 Å². The molecule has 2 rings (SSSR count). The Labute approximate surface area is 119 Å². The summed E-state index contributed by atoms with van der Waals surface area (Å²) < 4.78 is 1.34. The number of amides is 1. The lowest BCUT2D eigenvalue weighted by atomic mass is 9.75. The summed E-state index contributed by atoms with van der Waals surface area (Å²) in [5.41, 5.74) is 6.28. The molecular formula is C15H23N3O2. The first-order valence-corrected chi connectivity index (χ1v) is 7.11. The molecule has 110 valence electrons. The monoisotopic (exact) mass is 277 g/mol. The Kier molecular flexibility index (Phi) is 4.16. The molecule has 0 aromatic carbocycles. The van der Waals surface area contributed by atoms with E-state index in [1.807, 2.05) is 0 Å². The van der Waals surface area contributed by atoms with Crippen molar-refractivity contribution in [1.29, 1.82) is 0 Å². The molecule has 0 radical (unpaired) electrons. The number of anilines is 1. The van der Waals surface area contributed by atoms with Crippen LogP contribution < -0.4 is 16.6 Å². The van der Waals surface area contributed by atoms with Crippen LogP contribution in [-0.2, 0) is 11.3 Å². The zero-order chi connectivity index (χ0) is 14.8. The van der Waals surface area contributed by atoms with Crippen LogP contribution in [-0.4, -0.2) is 16.5 Å². The van der Waals surface area contributed by atoms with Crippen LogP contribution in [0, 0.1) is 5.41 Å². The van der Waals surface area contributed by atoms with Crippen LogP contribution in [0.1, 0.15) is 39.5 Å². The normalized spacial score (nSPS) is 18.7. The molecule has 0 unspecified atom stereocenters. The molecule has 20 heavy (non-hydrogen) atoms. The molecule has 0 atom stereocenters. The summed E-state index contributed by atoms with van der Waals surface area (Å²) in [6.45, 7) is 4.55.